The molecule has 0 saturated heterocycles. The van der Waals surface area contributed by atoms with Crippen LogP contribution in [0.25, 0.3) is 0 Å². The van der Waals surface area contributed by atoms with Crippen molar-refractivity contribution in [2.75, 3.05) is 11.9 Å². The third-order valence-electron chi connectivity index (χ3n) is 2.86. The summed E-state index contributed by atoms with van der Waals surface area (Å²) in [5.41, 5.74) is -0.263. The van der Waals surface area contributed by atoms with Crippen molar-refractivity contribution in [2.24, 2.45) is 0 Å². The van der Waals surface area contributed by atoms with E-state index in [4.69, 9.17) is 27.9 Å². The van der Waals surface area contributed by atoms with Crippen LogP contribution in [0.4, 0.5) is 16.2 Å². The third-order valence-corrected chi connectivity index (χ3v) is 3.50. The molecule has 2 N–H and O–H groups in total. The second-order valence-corrected chi connectivity index (χ2v) is 5.46. The number of amides is 3. The number of imide groups is 1. The second kappa shape index (κ2) is 8.32. The predicted octanol–water partition coefficient (Wildman–Crippen LogP) is 3.63. The largest absolute Gasteiger partial charge is 0.482 e. The number of hydrogen-bond donors (Lipinski definition) is 2. The number of hydrogen-bond acceptors (Lipinski definition) is 5. The van der Waals surface area contributed by atoms with Gasteiger partial charge in [0.2, 0.25) is 0 Å². The maximum Gasteiger partial charge on any atom is 0.326 e. The van der Waals surface area contributed by atoms with Gasteiger partial charge in [0.15, 0.2) is 6.61 Å². The first-order chi connectivity index (χ1) is 11.9. The number of benzene rings is 2. The fourth-order valence-electron chi connectivity index (χ4n) is 1.74. The number of nitro benzene ring substituents is 1. The van der Waals surface area contributed by atoms with Gasteiger partial charge in [-0.2, -0.15) is 0 Å². The first-order valence-corrected chi connectivity index (χ1v) is 7.54. The van der Waals surface area contributed by atoms with Crippen molar-refractivity contribution in [1.29, 1.82) is 0 Å². The van der Waals surface area contributed by atoms with Crippen LogP contribution in [0.2, 0.25) is 10.0 Å². The van der Waals surface area contributed by atoms with Crippen molar-refractivity contribution in [3.63, 3.8) is 0 Å². The molecule has 0 aliphatic carbocycles. The van der Waals surface area contributed by atoms with E-state index in [9.17, 15) is 19.7 Å². The smallest absolute Gasteiger partial charge is 0.326 e. The van der Waals surface area contributed by atoms with Crippen LogP contribution in [-0.4, -0.2) is 23.5 Å². The summed E-state index contributed by atoms with van der Waals surface area (Å²) in [5.74, 6) is -0.444. The lowest BCUT2D eigenvalue weighted by molar-refractivity contribution is -0.384. The van der Waals surface area contributed by atoms with Gasteiger partial charge in [-0.15, -0.1) is 0 Å². The highest BCUT2D eigenvalue weighted by Crippen LogP contribution is 2.26. The number of anilines is 1. The molecule has 0 spiro atoms. The van der Waals surface area contributed by atoms with Crippen LogP contribution < -0.4 is 15.4 Å². The fourth-order valence-corrected chi connectivity index (χ4v) is 2.10. The van der Waals surface area contributed by atoms with Crippen LogP contribution >= 0.6 is 23.2 Å². The van der Waals surface area contributed by atoms with E-state index in [1.165, 1.54) is 12.1 Å². The minimum atomic E-state index is -0.907. The number of urea groups is 1. The lowest BCUT2D eigenvalue weighted by Gasteiger charge is -2.09. The SMILES string of the molecule is O=C(COc1ccccc1Cl)NC(=O)Nc1cc([N+](=O)[O-])ccc1Cl. The van der Waals surface area contributed by atoms with Gasteiger partial charge in [0, 0.05) is 12.1 Å². The number of carbonyl (C=O) groups excluding carboxylic acids is 2. The molecule has 0 aromatic heterocycles. The molecular formula is C15H11Cl2N3O5. The molecule has 0 bridgehead atoms. The first kappa shape index (κ1) is 18.5. The van der Waals surface area contributed by atoms with Crippen molar-refractivity contribution < 1.29 is 19.2 Å². The van der Waals surface area contributed by atoms with Gasteiger partial charge in [0.25, 0.3) is 11.6 Å². The Bertz CT molecular complexity index is 829. The Kier molecular flexibility index (Phi) is 6.15. The molecule has 2 rings (SSSR count). The van der Waals surface area contributed by atoms with E-state index in [2.05, 4.69) is 5.32 Å². The predicted molar refractivity (Wildman–Crippen MR) is 92.2 cm³/mol. The zero-order valence-corrected chi connectivity index (χ0v) is 14.0. The van der Waals surface area contributed by atoms with Gasteiger partial charge in [-0.05, 0) is 18.2 Å². The van der Waals surface area contributed by atoms with Crippen molar-refractivity contribution in [2.45, 2.75) is 0 Å². The number of halogens is 2. The van der Waals surface area contributed by atoms with E-state index in [1.807, 2.05) is 5.32 Å². The molecule has 25 heavy (non-hydrogen) atoms. The maximum atomic E-state index is 11.8. The van der Waals surface area contributed by atoms with Gasteiger partial charge in [0.05, 0.1) is 20.7 Å². The number of carbonyl (C=O) groups is 2. The lowest BCUT2D eigenvalue weighted by Crippen LogP contribution is -2.37. The highest BCUT2D eigenvalue weighted by atomic mass is 35.5. The topological polar surface area (TPSA) is 111 Å². The number of non-ortho nitro benzene ring substituents is 1. The number of nitro groups is 1. The summed E-state index contributed by atoms with van der Waals surface area (Å²) in [7, 11) is 0. The summed E-state index contributed by atoms with van der Waals surface area (Å²) < 4.78 is 5.18. The molecule has 0 atom stereocenters. The van der Waals surface area contributed by atoms with E-state index in [-0.39, 0.29) is 16.4 Å². The van der Waals surface area contributed by atoms with Crippen molar-refractivity contribution >= 4 is 46.5 Å². The second-order valence-electron chi connectivity index (χ2n) is 4.64. The molecule has 0 aliphatic heterocycles. The van der Waals surface area contributed by atoms with Crippen LogP contribution in [0.15, 0.2) is 42.5 Å². The van der Waals surface area contributed by atoms with Crippen molar-refractivity contribution in [3.8, 4) is 5.75 Å². The number of rotatable bonds is 5. The summed E-state index contributed by atoms with van der Waals surface area (Å²) in [5, 5.41) is 15.4. The van der Waals surface area contributed by atoms with E-state index in [0.29, 0.717) is 10.8 Å². The Morgan fingerprint density at radius 3 is 2.52 bits per heavy atom. The van der Waals surface area contributed by atoms with Crippen LogP contribution in [-0.2, 0) is 4.79 Å². The van der Waals surface area contributed by atoms with E-state index >= 15 is 0 Å². The zero-order valence-electron chi connectivity index (χ0n) is 12.5. The number of nitrogens with zero attached hydrogens (tertiary/aromatic N) is 1. The average molecular weight is 384 g/mol. The molecular weight excluding hydrogens is 373 g/mol. The van der Waals surface area contributed by atoms with Crippen molar-refractivity contribution in [3.05, 3.63) is 62.6 Å². The molecule has 8 nitrogen and oxygen atoms in total. The molecule has 2 aromatic rings. The monoisotopic (exact) mass is 383 g/mol. The maximum absolute atomic E-state index is 11.8. The van der Waals surface area contributed by atoms with Crippen LogP contribution in [0.3, 0.4) is 0 Å². The zero-order chi connectivity index (χ0) is 18.4. The normalized spacial score (nSPS) is 10.0. The molecule has 0 heterocycles. The lowest BCUT2D eigenvalue weighted by atomic mass is 10.3. The first-order valence-electron chi connectivity index (χ1n) is 6.79. The molecule has 3 amide bonds. The highest BCUT2D eigenvalue weighted by Gasteiger charge is 2.14. The fraction of sp³-hybridized carbons (Fsp3) is 0.0667. The number of ether oxygens (including phenoxy) is 1. The molecule has 0 radical (unpaired) electrons. The summed E-state index contributed by atoms with van der Waals surface area (Å²) in [4.78, 5) is 33.6. The highest BCUT2D eigenvalue weighted by molar-refractivity contribution is 6.34. The van der Waals surface area contributed by atoms with E-state index in [1.54, 1.807) is 24.3 Å². The molecule has 0 aliphatic rings. The van der Waals surface area contributed by atoms with Crippen LogP contribution in [0.5, 0.6) is 5.75 Å². The minimum Gasteiger partial charge on any atom is -0.482 e. The Balaban J connectivity index is 1.92. The van der Waals surface area contributed by atoms with Crippen LogP contribution in [0, 0.1) is 10.1 Å². The molecule has 0 fully saturated rings. The van der Waals surface area contributed by atoms with Gasteiger partial charge >= 0.3 is 6.03 Å². The van der Waals surface area contributed by atoms with Gasteiger partial charge in [-0.1, -0.05) is 35.3 Å². The average Bonchev–Trinajstić information content (AvgIpc) is 2.55. The standard InChI is InChI=1S/C15H11Cl2N3O5/c16-10-6-5-9(20(23)24)7-12(10)18-15(22)19-14(21)8-25-13-4-2-1-3-11(13)17/h1-7H,8H2,(H2,18,19,21,22). The molecule has 2 aromatic carbocycles. The molecule has 130 valence electrons. The molecule has 10 heteroatoms. The summed E-state index contributed by atoms with van der Waals surface area (Å²) >= 11 is 11.7. The Hall–Kier alpha value is -2.84. The number of nitrogens with one attached hydrogen (secondary N) is 2. The van der Waals surface area contributed by atoms with Gasteiger partial charge in [-0.25, -0.2) is 4.79 Å². The summed E-state index contributed by atoms with van der Waals surface area (Å²) in [6, 6.07) is 9.15. The number of para-hydroxylation sites is 1. The quantitative estimate of drug-likeness (QED) is 0.604. The van der Waals surface area contributed by atoms with Gasteiger partial charge < -0.3 is 10.1 Å². The Morgan fingerprint density at radius 1 is 1.12 bits per heavy atom. The van der Waals surface area contributed by atoms with E-state index < -0.39 is 23.5 Å². The van der Waals surface area contributed by atoms with E-state index in [0.717, 1.165) is 6.07 Å². The summed E-state index contributed by atoms with van der Waals surface area (Å²) in [6.07, 6.45) is 0. The van der Waals surface area contributed by atoms with Gasteiger partial charge in [0.1, 0.15) is 5.75 Å². The van der Waals surface area contributed by atoms with Crippen molar-refractivity contribution in [1.82, 2.24) is 5.32 Å². The van der Waals surface area contributed by atoms with Gasteiger partial charge in [-0.3, -0.25) is 20.2 Å². The molecule has 0 unspecified atom stereocenters. The Labute approximate surface area is 151 Å². The summed E-state index contributed by atoms with van der Waals surface area (Å²) in [6.45, 7) is -0.445. The minimum absolute atomic E-state index is 0.00631. The van der Waals surface area contributed by atoms with Crippen LogP contribution in [0.1, 0.15) is 0 Å². The molecule has 0 saturated carbocycles. The Morgan fingerprint density at radius 2 is 1.84 bits per heavy atom. The third kappa shape index (κ3) is 5.33.